The Morgan fingerprint density at radius 1 is 1.56 bits per heavy atom. The number of rotatable bonds is 3. The Bertz CT molecular complexity index is 282. The maximum absolute atomic E-state index is 11.7. The van der Waals surface area contributed by atoms with E-state index in [4.69, 9.17) is 9.84 Å². The Morgan fingerprint density at radius 2 is 2.19 bits per heavy atom. The monoisotopic (exact) mass is 230 g/mol. The largest absolute Gasteiger partial charge is 0.480 e. The lowest BCUT2D eigenvalue weighted by molar-refractivity contribution is -0.141. The summed E-state index contributed by atoms with van der Waals surface area (Å²) in [7, 11) is 1.47. The molecule has 0 spiro atoms. The number of likely N-dealkylation sites (N-methyl/N-ethyl adjacent to an activating group) is 1. The molecule has 1 heterocycles. The van der Waals surface area contributed by atoms with Crippen molar-refractivity contribution in [1.29, 1.82) is 0 Å². The molecule has 3 atom stereocenters. The van der Waals surface area contributed by atoms with Gasteiger partial charge in [-0.25, -0.2) is 9.59 Å². The molecule has 2 amide bonds. The minimum atomic E-state index is -1.02. The van der Waals surface area contributed by atoms with E-state index in [0.29, 0.717) is 6.61 Å². The Morgan fingerprint density at radius 3 is 2.62 bits per heavy atom. The first kappa shape index (κ1) is 12.8. The van der Waals surface area contributed by atoms with Gasteiger partial charge in [-0.05, 0) is 20.3 Å². The Labute approximate surface area is 94.6 Å². The van der Waals surface area contributed by atoms with Gasteiger partial charge in [0.2, 0.25) is 0 Å². The third-order valence-corrected chi connectivity index (χ3v) is 2.94. The fraction of sp³-hybridized carbons (Fsp3) is 0.800. The molecule has 92 valence electrons. The van der Waals surface area contributed by atoms with Crippen molar-refractivity contribution in [3.05, 3.63) is 0 Å². The molecule has 6 heteroatoms. The number of carbonyl (C=O) groups excluding carboxylic acids is 1. The molecule has 6 nitrogen and oxygen atoms in total. The first-order chi connectivity index (χ1) is 7.43. The van der Waals surface area contributed by atoms with Crippen LogP contribution >= 0.6 is 0 Å². The van der Waals surface area contributed by atoms with E-state index in [1.165, 1.54) is 18.9 Å². The van der Waals surface area contributed by atoms with E-state index in [1.807, 2.05) is 6.92 Å². The van der Waals surface area contributed by atoms with Crippen molar-refractivity contribution in [2.45, 2.75) is 38.5 Å². The summed E-state index contributed by atoms with van der Waals surface area (Å²) in [5.74, 6) is -1.02. The first-order valence-corrected chi connectivity index (χ1v) is 5.31. The van der Waals surface area contributed by atoms with Crippen LogP contribution in [0.5, 0.6) is 0 Å². The predicted octanol–water partition coefficient (Wildman–Crippen LogP) is 0.278. The van der Waals surface area contributed by atoms with Gasteiger partial charge >= 0.3 is 12.0 Å². The van der Waals surface area contributed by atoms with Gasteiger partial charge in [0.1, 0.15) is 6.04 Å². The Hall–Kier alpha value is -1.30. The fourth-order valence-corrected chi connectivity index (χ4v) is 1.52. The molecule has 0 aliphatic carbocycles. The molecule has 0 radical (unpaired) electrons. The fourth-order valence-electron chi connectivity index (χ4n) is 1.52. The topological polar surface area (TPSA) is 78.9 Å². The van der Waals surface area contributed by atoms with Crippen LogP contribution in [0.1, 0.15) is 20.3 Å². The van der Waals surface area contributed by atoms with Gasteiger partial charge < -0.3 is 20.1 Å². The number of carboxylic acids is 1. The minimum absolute atomic E-state index is 0.0162. The Kier molecular flexibility index (Phi) is 4.12. The molecule has 1 aliphatic heterocycles. The zero-order valence-corrected chi connectivity index (χ0v) is 9.77. The summed E-state index contributed by atoms with van der Waals surface area (Å²) in [5, 5.41) is 11.5. The number of hydrogen-bond donors (Lipinski definition) is 2. The molecule has 1 aliphatic rings. The molecule has 0 saturated carbocycles. The van der Waals surface area contributed by atoms with Crippen molar-refractivity contribution in [2.24, 2.45) is 0 Å². The van der Waals surface area contributed by atoms with Crippen LogP contribution in [0.2, 0.25) is 0 Å². The van der Waals surface area contributed by atoms with Crippen LogP contribution in [-0.4, -0.2) is 53.8 Å². The first-order valence-electron chi connectivity index (χ1n) is 5.31. The highest BCUT2D eigenvalue weighted by Gasteiger charge is 2.29. The molecule has 1 rings (SSSR count). The highest BCUT2D eigenvalue weighted by atomic mass is 16.5. The smallest absolute Gasteiger partial charge is 0.326 e. The number of nitrogens with one attached hydrogen (secondary N) is 1. The highest BCUT2D eigenvalue weighted by molar-refractivity contribution is 5.82. The summed E-state index contributed by atoms with van der Waals surface area (Å²) in [5.41, 5.74) is 0. The third-order valence-electron chi connectivity index (χ3n) is 2.94. The van der Waals surface area contributed by atoms with Crippen LogP contribution in [0.3, 0.4) is 0 Å². The Balaban J connectivity index is 2.48. The quantitative estimate of drug-likeness (QED) is 0.729. The van der Waals surface area contributed by atoms with Gasteiger partial charge in [-0.1, -0.05) is 0 Å². The van der Waals surface area contributed by atoms with Gasteiger partial charge in [0, 0.05) is 13.7 Å². The number of amides is 2. The minimum Gasteiger partial charge on any atom is -0.480 e. The van der Waals surface area contributed by atoms with Crippen molar-refractivity contribution in [3.63, 3.8) is 0 Å². The van der Waals surface area contributed by atoms with Crippen molar-refractivity contribution in [3.8, 4) is 0 Å². The van der Waals surface area contributed by atoms with Crippen LogP contribution in [0.4, 0.5) is 4.79 Å². The van der Waals surface area contributed by atoms with Crippen LogP contribution in [0.25, 0.3) is 0 Å². The number of hydrogen-bond acceptors (Lipinski definition) is 3. The molecular weight excluding hydrogens is 212 g/mol. The number of carboxylic acid groups (broad SMARTS) is 1. The summed E-state index contributed by atoms with van der Waals surface area (Å²) in [6, 6.07) is -1.24. The molecule has 3 unspecified atom stereocenters. The zero-order chi connectivity index (χ0) is 12.3. The second-order valence-corrected chi connectivity index (χ2v) is 4.05. The molecule has 1 saturated heterocycles. The average molecular weight is 230 g/mol. The van der Waals surface area contributed by atoms with Gasteiger partial charge in [-0.15, -0.1) is 0 Å². The molecular formula is C10H18N2O4. The molecule has 0 aromatic carbocycles. The summed E-state index contributed by atoms with van der Waals surface area (Å²) in [6.07, 6.45) is 0.750. The van der Waals surface area contributed by atoms with E-state index < -0.39 is 12.0 Å². The second kappa shape index (κ2) is 5.16. The standard InChI is InChI=1S/C10H18N2O4/c1-6(9(13)14)12(3)10(15)11-8-4-5-16-7(8)2/h6-8H,4-5H2,1-3H3,(H,11,15)(H,13,14). The molecule has 2 N–H and O–H groups in total. The van der Waals surface area contributed by atoms with Crippen LogP contribution in [0.15, 0.2) is 0 Å². The van der Waals surface area contributed by atoms with Crippen molar-refractivity contribution in [1.82, 2.24) is 10.2 Å². The van der Waals surface area contributed by atoms with Crippen molar-refractivity contribution >= 4 is 12.0 Å². The maximum atomic E-state index is 11.7. The van der Waals surface area contributed by atoms with E-state index in [0.717, 1.165) is 6.42 Å². The highest BCUT2D eigenvalue weighted by Crippen LogP contribution is 2.13. The predicted molar refractivity (Wildman–Crippen MR) is 57.2 cm³/mol. The molecule has 1 fully saturated rings. The van der Waals surface area contributed by atoms with E-state index in [9.17, 15) is 9.59 Å². The normalized spacial score (nSPS) is 26.2. The van der Waals surface area contributed by atoms with Gasteiger partial charge in [0.15, 0.2) is 0 Å². The summed E-state index contributed by atoms with van der Waals surface area (Å²) in [6.45, 7) is 3.99. The van der Waals surface area contributed by atoms with Gasteiger partial charge in [0.05, 0.1) is 12.1 Å². The average Bonchev–Trinajstić information content (AvgIpc) is 2.62. The summed E-state index contributed by atoms with van der Waals surface area (Å²) in [4.78, 5) is 23.6. The number of aliphatic carboxylic acids is 1. The second-order valence-electron chi connectivity index (χ2n) is 4.05. The van der Waals surface area contributed by atoms with E-state index in [2.05, 4.69) is 5.32 Å². The summed E-state index contributed by atoms with van der Waals surface area (Å²) >= 11 is 0. The summed E-state index contributed by atoms with van der Waals surface area (Å²) < 4.78 is 5.30. The number of urea groups is 1. The molecule has 0 bridgehead atoms. The molecule has 16 heavy (non-hydrogen) atoms. The van der Waals surface area contributed by atoms with E-state index in [-0.39, 0.29) is 18.2 Å². The number of nitrogens with zero attached hydrogens (tertiary/aromatic N) is 1. The van der Waals surface area contributed by atoms with Crippen LogP contribution in [0, 0.1) is 0 Å². The lowest BCUT2D eigenvalue weighted by Gasteiger charge is -2.25. The zero-order valence-electron chi connectivity index (χ0n) is 9.77. The van der Waals surface area contributed by atoms with Crippen LogP contribution < -0.4 is 5.32 Å². The lowest BCUT2D eigenvalue weighted by Crippen LogP contribution is -2.50. The van der Waals surface area contributed by atoms with Crippen LogP contribution in [-0.2, 0) is 9.53 Å². The maximum Gasteiger partial charge on any atom is 0.326 e. The lowest BCUT2D eigenvalue weighted by atomic mass is 10.1. The van der Waals surface area contributed by atoms with Gasteiger partial charge in [0.25, 0.3) is 0 Å². The van der Waals surface area contributed by atoms with Gasteiger partial charge in [-0.2, -0.15) is 0 Å². The van der Waals surface area contributed by atoms with Crippen molar-refractivity contribution < 1.29 is 19.4 Å². The molecule has 0 aromatic rings. The third kappa shape index (κ3) is 2.85. The van der Waals surface area contributed by atoms with E-state index in [1.54, 1.807) is 0 Å². The SMILES string of the molecule is CC1OCCC1NC(=O)N(C)C(C)C(=O)O. The number of carbonyl (C=O) groups is 2. The number of ether oxygens (including phenoxy) is 1. The van der Waals surface area contributed by atoms with E-state index >= 15 is 0 Å². The van der Waals surface area contributed by atoms with Gasteiger partial charge in [-0.3, -0.25) is 0 Å². The molecule has 0 aromatic heterocycles. The van der Waals surface area contributed by atoms with Crippen molar-refractivity contribution in [2.75, 3.05) is 13.7 Å².